The fourth-order valence-corrected chi connectivity index (χ4v) is 3.77. The number of halogens is 3. The smallest absolute Gasteiger partial charge is 0.139 e. The molecule has 4 aromatic rings. The summed E-state index contributed by atoms with van der Waals surface area (Å²) in [5.41, 5.74) is 2.09. The SMILES string of the molecule is C/C=C/COc1ccccc1C(CF)c1ccc(C#Cc2ccc3cc(F)ccc3c2)c(F)c1. The maximum Gasteiger partial charge on any atom is 0.139 e. The van der Waals surface area contributed by atoms with E-state index in [1.165, 1.54) is 18.2 Å². The van der Waals surface area contributed by atoms with Crippen molar-refractivity contribution in [1.29, 1.82) is 0 Å². The van der Waals surface area contributed by atoms with Crippen LogP contribution in [0.15, 0.2) is 91.0 Å². The Hall–Kier alpha value is -3.97. The molecule has 0 aliphatic heterocycles. The number of fused-ring (bicyclic) bond motifs is 1. The van der Waals surface area contributed by atoms with Crippen LogP contribution in [-0.2, 0) is 0 Å². The van der Waals surface area contributed by atoms with Gasteiger partial charge in [0.1, 0.15) is 30.7 Å². The quantitative estimate of drug-likeness (QED) is 0.215. The first-order valence-electron chi connectivity index (χ1n) is 11.0. The van der Waals surface area contributed by atoms with Crippen molar-refractivity contribution in [1.82, 2.24) is 0 Å². The molecule has 0 aromatic heterocycles. The molecule has 170 valence electrons. The van der Waals surface area contributed by atoms with E-state index in [0.29, 0.717) is 29.0 Å². The van der Waals surface area contributed by atoms with E-state index < -0.39 is 18.4 Å². The minimum absolute atomic E-state index is 0.221. The number of ether oxygens (including phenoxy) is 1. The van der Waals surface area contributed by atoms with Gasteiger partial charge < -0.3 is 4.74 Å². The number of allylic oxidation sites excluding steroid dienone is 1. The normalized spacial score (nSPS) is 11.9. The minimum atomic E-state index is -0.688. The third-order valence-corrected chi connectivity index (χ3v) is 5.56. The van der Waals surface area contributed by atoms with Gasteiger partial charge in [-0.1, -0.05) is 60.4 Å². The zero-order valence-electron chi connectivity index (χ0n) is 18.7. The Morgan fingerprint density at radius 1 is 0.882 bits per heavy atom. The molecule has 0 radical (unpaired) electrons. The number of para-hydroxylation sites is 1. The lowest BCUT2D eigenvalue weighted by Gasteiger charge is -2.18. The number of rotatable bonds is 6. The number of alkyl halides is 1. The third kappa shape index (κ3) is 5.32. The summed E-state index contributed by atoms with van der Waals surface area (Å²) in [5, 5.41) is 1.62. The topological polar surface area (TPSA) is 9.23 Å². The lowest BCUT2D eigenvalue weighted by Crippen LogP contribution is -2.07. The predicted molar refractivity (Wildman–Crippen MR) is 131 cm³/mol. The second-order valence-electron chi connectivity index (χ2n) is 7.82. The zero-order valence-corrected chi connectivity index (χ0v) is 18.7. The van der Waals surface area contributed by atoms with Crippen molar-refractivity contribution in [2.45, 2.75) is 12.8 Å². The van der Waals surface area contributed by atoms with Gasteiger partial charge in [0.25, 0.3) is 0 Å². The van der Waals surface area contributed by atoms with Crippen molar-refractivity contribution in [2.24, 2.45) is 0 Å². The fraction of sp³-hybridized carbons (Fsp3) is 0.133. The van der Waals surface area contributed by atoms with E-state index in [4.69, 9.17) is 4.74 Å². The molecule has 1 nitrogen and oxygen atoms in total. The molecule has 0 amide bonds. The van der Waals surface area contributed by atoms with Crippen LogP contribution in [0, 0.1) is 23.5 Å². The Kier molecular flexibility index (Phi) is 7.34. The monoisotopic (exact) mass is 456 g/mol. The molecule has 0 aliphatic rings. The van der Waals surface area contributed by atoms with Gasteiger partial charge in [-0.15, -0.1) is 0 Å². The number of benzene rings is 4. The van der Waals surface area contributed by atoms with Crippen molar-refractivity contribution in [3.05, 3.63) is 125 Å². The highest BCUT2D eigenvalue weighted by molar-refractivity contribution is 5.84. The summed E-state index contributed by atoms with van der Waals surface area (Å²) in [5.74, 6) is 4.91. The van der Waals surface area contributed by atoms with Gasteiger partial charge in [0, 0.05) is 17.0 Å². The van der Waals surface area contributed by atoms with E-state index in [1.807, 2.05) is 37.3 Å². The summed E-state index contributed by atoms with van der Waals surface area (Å²) < 4.78 is 48.1. The summed E-state index contributed by atoms with van der Waals surface area (Å²) in [6.45, 7) is 1.58. The molecule has 4 heteroatoms. The highest BCUT2D eigenvalue weighted by Gasteiger charge is 2.19. The molecular weight excluding hydrogens is 433 g/mol. The van der Waals surface area contributed by atoms with Crippen LogP contribution >= 0.6 is 0 Å². The maximum atomic E-state index is 14.9. The number of hydrogen-bond acceptors (Lipinski definition) is 1. The molecule has 4 rings (SSSR count). The van der Waals surface area contributed by atoms with E-state index in [-0.39, 0.29) is 11.4 Å². The maximum absolute atomic E-state index is 14.9. The minimum Gasteiger partial charge on any atom is -0.489 e. The molecule has 0 bridgehead atoms. The van der Waals surface area contributed by atoms with Crippen molar-refractivity contribution in [2.75, 3.05) is 13.3 Å². The second-order valence-corrected chi connectivity index (χ2v) is 7.82. The molecule has 1 atom stereocenters. The van der Waals surface area contributed by atoms with E-state index in [9.17, 15) is 13.2 Å². The summed E-state index contributed by atoms with van der Waals surface area (Å²) in [6, 6.07) is 21.7. The third-order valence-electron chi connectivity index (χ3n) is 5.56. The first-order valence-corrected chi connectivity index (χ1v) is 11.0. The standard InChI is InChI=1S/C30H23F3O/c1-2-3-16-34-30-7-5-4-6-27(30)28(20-31)25-13-12-22(29(33)19-25)10-8-21-9-11-24-18-26(32)15-14-23(24)17-21/h2-7,9,11-15,17-19,28H,16,20H2,1H3/b3-2+. The summed E-state index contributed by atoms with van der Waals surface area (Å²) in [4.78, 5) is 0. The molecule has 0 N–H and O–H groups in total. The van der Waals surface area contributed by atoms with Gasteiger partial charge in [-0.05, 0) is 65.7 Å². The molecule has 1 unspecified atom stereocenters. The Morgan fingerprint density at radius 3 is 2.47 bits per heavy atom. The lowest BCUT2D eigenvalue weighted by molar-refractivity contribution is 0.352. The van der Waals surface area contributed by atoms with Crippen LogP contribution in [0.4, 0.5) is 13.2 Å². The van der Waals surface area contributed by atoms with Gasteiger partial charge in [0.05, 0.1) is 5.56 Å². The molecular formula is C30H23F3O. The molecule has 0 aliphatic carbocycles. The van der Waals surface area contributed by atoms with E-state index in [1.54, 1.807) is 42.5 Å². The average Bonchev–Trinajstić information content (AvgIpc) is 2.85. The Morgan fingerprint density at radius 2 is 1.68 bits per heavy atom. The van der Waals surface area contributed by atoms with Gasteiger partial charge in [-0.3, -0.25) is 4.39 Å². The molecule has 0 fully saturated rings. The van der Waals surface area contributed by atoms with Gasteiger partial charge in [0.15, 0.2) is 0 Å². The second kappa shape index (κ2) is 10.8. The van der Waals surface area contributed by atoms with Gasteiger partial charge in [-0.2, -0.15) is 0 Å². The highest BCUT2D eigenvalue weighted by Crippen LogP contribution is 2.33. The van der Waals surface area contributed by atoms with Crippen LogP contribution < -0.4 is 4.74 Å². The van der Waals surface area contributed by atoms with Crippen molar-refractivity contribution >= 4 is 10.8 Å². The molecule has 4 aromatic carbocycles. The zero-order chi connectivity index (χ0) is 23.9. The van der Waals surface area contributed by atoms with Gasteiger partial charge in [0.2, 0.25) is 0 Å². The fourth-order valence-electron chi connectivity index (χ4n) is 3.77. The predicted octanol–water partition coefficient (Wildman–Crippen LogP) is 7.57. The molecule has 34 heavy (non-hydrogen) atoms. The summed E-state index contributed by atoms with van der Waals surface area (Å²) in [6.07, 6.45) is 3.74. The van der Waals surface area contributed by atoms with Crippen molar-refractivity contribution in [3.63, 3.8) is 0 Å². The summed E-state index contributed by atoms with van der Waals surface area (Å²) in [7, 11) is 0. The average molecular weight is 457 g/mol. The van der Waals surface area contributed by atoms with Crippen LogP contribution in [0.2, 0.25) is 0 Å². The largest absolute Gasteiger partial charge is 0.489 e. The molecule has 0 saturated carbocycles. The van der Waals surface area contributed by atoms with Crippen LogP contribution in [0.1, 0.15) is 35.1 Å². The number of hydrogen-bond donors (Lipinski definition) is 0. The Balaban J connectivity index is 1.60. The Labute approximate surface area is 197 Å². The summed E-state index contributed by atoms with van der Waals surface area (Å²) >= 11 is 0. The van der Waals surface area contributed by atoms with Gasteiger partial charge >= 0.3 is 0 Å². The molecule has 0 saturated heterocycles. The van der Waals surface area contributed by atoms with E-state index in [2.05, 4.69) is 11.8 Å². The van der Waals surface area contributed by atoms with Gasteiger partial charge in [-0.25, -0.2) is 8.78 Å². The van der Waals surface area contributed by atoms with E-state index >= 15 is 0 Å². The molecule has 0 spiro atoms. The highest BCUT2D eigenvalue weighted by atomic mass is 19.1. The van der Waals surface area contributed by atoms with E-state index in [0.717, 1.165) is 10.8 Å². The first kappa shape index (κ1) is 23.2. The lowest BCUT2D eigenvalue weighted by atomic mass is 9.91. The Bertz CT molecular complexity index is 1400. The van der Waals surface area contributed by atoms with Crippen LogP contribution in [0.25, 0.3) is 10.8 Å². The van der Waals surface area contributed by atoms with Crippen LogP contribution in [0.3, 0.4) is 0 Å². The first-order chi connectivity index (χ1) is 16.6. The van der Waals surface area contributed by atoms with Crippen LogP contribution in [0.5, 0.6) is 5.75 Å². The molecule has 0 heterocycles. The van der Waals surface area contributed by atoms with Crippen molar-refractivity contribution < 1.29 is 17.9 Å². The van der Waals surface area contributed by atoms with Crippen LogP contribution in [-0.4, -0.2) is 13.3 Å². The van der Waals surface area contributed by atoms with Crippen molar-refractivity contribution in [3.8, 4) is 17.6 Å².